The van der Waals surface area contributed by atoms with E-state index in [0.717, 1.165) is 18.9 Å². The number of hydrogen-bond acceptors (Lipinski definition) is 5. The lowest BCUT2D eigenvalue weighted by atomic mass is 10.3. The molecule has 5 nitrogen and oxygen atoms in total. The molecule has 5 heteroatoms. The maximum Gasteiger partial charge on any atom is 0.179 e. The molecule has 0 saturated carbocycles. The van der Waals surface area contributed by atoms with E-state index in [9.17, 15) is 0 Å². The van der Waals surface area contributed by atoms with Crippen molar-refractivity contribution in [1.82, 2.24) is 9.97 Å². The minimum atomic E-state index is 0.107. The van der Waals surface area contributed by atoms with Crippen molar-refractivity contribution in [3.8, 4) is 12.1 Å². The summed E-state index contributed by atoms with van der Waals surface area (Å²) in [6.45, 7) is 3.70. The van der Waals surface area contributed by atoms with Crippen LogP contribution in [0, 0.1) is 29.6 Å². The number of rotatable bonds is 1. The van der Waals surface area contributed by atoms with E-state index in [1.807, 2.05) is 17.0 Å². The summed E-state index contributed by atoms with van der Waals surface area (Å²) in [4.78, 5) is 10.1. The van der Waals surface area contributed by atoms with Crippen molar-refractivity contribution >= 4 is 5.82 Å². The summed E-state index contributed by atoms with van der Waals surface area (Å²) in [6, 6.07) is 3.73. The third kappa shape index (κ3) is 1.25. The lowest BCUT2D eigenvalue weighted by molar-refractivity contribution is 1.04. The van der Waals surface area contributed by atoms with Gasteiger partial charge in [0, 0.05) is 13.1 Å². The second kappa shape index (κ2) is 2.97. The van der Waals surface area contributed by atoms with Crippen LogP contribution >= 0.6 is 0 Å². The van der Waals surface area contributed by atoms with E-state index in [2.05, 4.69) is 9.97 Å². The lowest BCUT2D eigenvalue weighted by Crippen LogP contribution is -2.04. The zero-order valence-corrected chi connectivity index (χ0v) is 7.65. The van der Waals surface area contributed by atoms with E-state index in [4.69, 9.17) is 10.5 Å². The molecule has 0 radical (unpaired) electrons. The van der Waals surface area contributed by atoms with E-state index in [1.165, 1.54) is 0 Å². The first-order valence-corrected chi connectivity index (χ1v) is 4.20. The Bertz CT molecular complexity index is 461. The molecular formula is C9H7N5. The normalized spacial score (nSPS) is 13.2. The molecule has 0 N–H and O–H groups in total. The van der Waals surface area contributed by atoms with Crippen molar-refractivity contribution < 1.29 is 0 Å². The first-order chi connectivity index (χ1) is 6.76. The molecule has 0 aliphatic carbocycles. The first-order valence-electron chi connectivity index (χ1n) is 4.20. The number of aryl methyl sites for hydroxylation is 1. The zero-order valence-electron chi connectivity index (χ0n) is 7.65. The summed E-state index contributed by atoms with van der Waals surface area (Å²) in [5.74, 6) is 0.723. The van der Waals surface area contributed by atoms with Crippen LogP contribution in [0.5, 0.6) is 0 Å². The molecule has 0 spiro atoms. The Balaban J connectivity index is 2.56. The van der Waals surface area contributed by atoms with Gasteiger partial charge in [-0.1, -0.05) is 0 Å². The van der Waals surface area contributed by atoms with Crippen LogP contribution in [0.4, 0.5) is 5.82 Å². The Hall–Kier alpha value is -2.14. The second-order valence-electron chi connectivity index (χ2n) is 3.04. The highest BCUT2D eigenvalue weighted by atomic mass is 15.3. The minimum absolute atomic E-state index is 0.107. The number of anilines is 1. The molecule has 0 unspecified atom stereocenters. The van der Waals surface area contributed by atoms with Crippen molar-refractivity contribution in [3.05, 3.63) is 17.1 Å². The third-order valence-electron chi connectivity index (χ3n) is 2.00. The van der Waals surface area contributed by atoms with Gasteiger partial charge in [-0.25, -0.2) is 9.97 Å². The van der Waals surface area contributed by atoms with Crippen LogP contribution in [0.3, 0.4) is 0 Å². The van der Waals surface area contributed by atoms with Gasteiger partial charge in [0.05, 0.1) is 5.69 Å². The second-order valence-corrected chi connectivity index (χ2v) is 3.04. The van der Waals surface area contributed by atoms with Gasteiger partial charge in [0.2, 0.25) is 0 Å². The largest absolute Gasteiger partial charge is 0.352 e. The van der Waals surface area contributed by atoms with Crippen LogP contribution in [-0.2, 0) is 0 Å². The molecule has 2 rings (SSSR count). The maximum atomic E-state index is 8.74. The average molecular weight is 185 g/mol. The fraction of sp³-hybridized carbons (Fsp3) is 0.333. The van der Waals surface area contributed by atoms with Crippen LogP contribution in [0.15, 0.2) is 0 Å². The minimum Gasteiger partial charge on any atom is -0.352 e. The fourth-order valence-electron chi connectivity index (χ4n) is 1.23. The zero-order chi connectivity index (χ0) is 10.1. The highest BCUT2D eigenvalue weighted by Gasteiger charge is 2.23. The molecule has 0 bridgehead atoms. The van der Waals surface area contributed by atoms with E-state index in [0.29, 0.717) is 5.69 Å². The summed E-state index contributed by atoms with van der Waals surface area (Å²) in [5.41, 5.74) is 0.925. The van der Waals surface area contributed by atoms with Gasteiger partial charge in [-0.05, 0) is 6.92 Å². The summed E-state index contributed by atoms with van der Waals surface area (Å²) in [7, 11) is 0. The average Bonchev–Trinajstić information content (AvgIpc) is 3.01. The van der Waals surface area contributed by atoms with Gasteiger partial charge in [0.1, 0.15) is 12.1 Å². The molecule has 14 heavy (non-hydrogen) atoms. The SMILES string of the molecule is Cc1nc(C#N)c(C#N)nc1N1CC1. The number of hydrogen-bond donors (Lipinski definition) is 0. The van der Waals surface area contributed by atoms with Crippen LogP contribution in [-0.4, -0.2) is 23.1 Å². The van der Waals surface area contributed by atoms with Gasteiger partial charge < -0.3 is 4.90 Å². The highest BCUT2D eigenvalue weighted by Crippen LogP contribution is 2.22. The van der Waals surface area contributed by atoms with Crippen molar-refractivity contribution in [2.24, 2.45) is 0 Å². The van der Waals surface area contributed by atoms with Gasteiger partial charge in [0.25, 0.3) is 0 Å². The fourth-order valence-corrected chi connectivity index (χ4v) is 1.23. The van der Waals surface area contributed by atoms with Gasteiger partial charge in [-0.15, -0.1) is 0 Å². The molecule has 2 heterocycles. The van der Waals surface area contributed by atoms with Crippen LogP contribution < -0.4 is 4.90 Å². The maximum absolute atomic E-state index is 8.74. The summed E-state index contributed by atoms with van der Waals surface area (Å²) in [5, 5.41) is 17.4. The number of aromatic nitrogens is 2. The Morgan fingerprint density at radius 2 is 1.71 bits per heavy atom. The molecule has 1 aromatic rings. The van der Waals surface area contributed by atoms with Crippen molar-refractivity contribution in [2.75, 3.05) is 18.0 Å². The molecule has 1 aliphatic heterocycles. The Morgan fingerprint density at radius 1 is 1.14 bits per heavy atom. The van der Waals surface area contributed by atoms with Crippen LogP contribution in [0.1, 0.15) is 17.1 Å². The molecule has 0 amide bonds. The predicted octanol–water partition coefficient (Wildman–Crippen LogP) is 0.348. The number of nitrogens with zero attached hydrogens (tertiary/aromatic N) is 5. The van der Waals surface area contributed by atoms with E-state index < -0.39 is 0 Å². The Labute approximate surface area is 81.2 Å². The van der Waals surface area contributed by atoms with Crippen LogP contribution in [0.25, 0.3) is 0 Å². The van der Waals surface area contributed by atoms with Gasteiger partial charge in [0.15, 0.2) is 17.2 Å². The molecule has 0 atom stereocenters. The van der Waals surface area contributed by atoms with E-state index in [1.54, 1.807) is 6.92 Å². The van der Waals surface area contributed by atoms with Crippen molar-refractivity contribution in [3.63, 3.8) is 0 Å². The quantitative estimate of drug-likeness (QED) is 0.590. The first kappa shape index (κ1) is 8.46. The van der Waals surface area contributed by atoms with Crippen molar-refractivity contribution in [1.29, 1.82) is 10.5 Å². The molecule has 0 aromatic carbocycles. The summed E-state index contributed by atoms with van der Waals surface area (Å²) < 4.78 is 0. The van der Waals surface area contributed by atoms with Crippen molar-refractivity contribution in [2.45, 2.75) is 6.92 Å². The molecule has 1 saturated heterocycles. The Kier molecular flexibility index (Phi) is 1.79. The van der Waals surface area contributed by atoms with Gasteiger partial charge in [-0.3, -0.25) is 0 Å². The summed E-state index contributed by atoms with van der Waals surface area (Å²) in [6.07, 6.45) is 0. The smallest absolute Gasteiger partial charge is 0.179 e. The molecule has 68 valence electrons. The third-order valence-corrected chi connectivity index (χ3v) is 2.00. The van der Waals surface area contributed by atoms with Gasteiger partial charge in [-0.2, -0.15) is 10.5 Å². The topological polar surface area (TPSA) is 76.4 Å². The molecule has 1 aliphatic rings. The monoisotopic (exact) mass is 185 g/mol. The molecule has 1 fully saturated rings. The Morgan fingerprint density at radius 3 is 2.21 bits per heavy atom. The predicted molar refractivity (Wildman–Crippen MR) is 48.4 cm³/mol. The highest BCUT2D eigenvalue weighted by molar-refractivity contribution is 5.52. The summed E-state index contributed by atoms with van der Waals surface area (Å²) >= 11 is 0. The van der Waals surface area contributed by atoms with Crippen LogP contribution in [0.2, 0.25) is 0 Å². The standard InChI is InChI=1S/C9H7N5/c1-6-9(14-2-3-14)13-8(5-11)7(4-10)12-6/h2-3H2,1H3. The van der Waals surface area contributed by atoms with E-state index in [-0.39, 0.29) is 11.4 Å². The number of nitriles is 2. The molecular weight excluding hydrogens is 178 g/mol. The molecule has 1 aromatic heterocycles. The van der Waals surface area contributed by atoms with Gasteiger partial charge >= 0.3 is 0 Å². The lowest BCUT2D eigenvalue weighted by Gasteiger charge is -2.05. The van der Waals surface area contributed by atoms with E-state index >= 15 is 0 Å².